The lowest BCUT2D eigenvalue weighted by Crippen LogP contribution is -2.34. The molecule has 0 saturated carbocycles. The standard InChI is InChI=1S/C20H23ClN4O2S/c1-5-25-11-23-19-16(20(25)27)12(2)17(28-19)18(26)22-10-15(24(3)4)13-7-6-8-14(21)9-13/h6-9,11,15H,5,10H2,1-4H3,(H,22,26)/t15-/m1/s1. The van der Waals surface area contributed by atoms with Gasteiger partial charge in [0, 0.05) is 18.1 Å². The van der Waals surface area contributed by atoms with Gasteiger partial charge in [-0.3, -0.25) is 14.2 Å². The number of rotatable bonds is 6. The summed E-state index contributed by atoms with van der Waals surface area (Å²) in [6.07, 6.45) is 1.53. The summed E-state index contributed by atoms with van der Waals surface area (Å²) in [5.41, 5.74) is 1.60. The molecule has 2 aromatic heterocycles. The monoisotopic (exact) mass is 418 g/mol. The fraction of sp³-hybridized carbons (Fsp3) is 0.350. The largest absolute Gasteiger partial charge is 0.349 e. The van der Waals surface area contributed by atoms with Gasteiger partial charge in [0.05, 0.1) is 22.6 Å². The Hall–Kier alpha value is -2.22. The molecule has 8 heteroatoms. The van der Waals surface area contributed by atoms with E-state index in [1.54, 1.807) is 11.5 Å². The first-order chi connectivity index (χ1) is 13.3. The second-order valence-corrected chi connectivity index (χ2v) is 8.25. The molecule has 3 rings (SSSR count). The highest BCUT2D eigenvalue weighted by atomic mass is 35.5. The van der Waals surface area contributed by atoms with Gasteiger partial charge < -0.3 is 10.2 Å². The number of hydrogen-bond donors (Lipinski definition) is 1. The van der Waals surface area contributed by atoms with Crippen molar-refractivity contribution in [1.82, 2.24) is 19.8 Å². The quantitative estimate of drug-likeness (QED) is 0.665. The fourth-order valence-electron chi connectivity index (χ4n) is 3.18. The SMILES string of the molecule is CCn1cnc2sc(C(=O)NC[C@H](c3cccc(Cl)c3)N(C)C)c(C)c2c1=O. The van der Waals surface area contributed by atoms with E-state index >= 15 is 0 Å². The maximum atomic E-state index is 12.8. The molecule has 0 aliphatic heterocycles. The molecule has 2 heterocycles. The second-order valence-electron chi connectivity index (χ2n) is 6.82. The molecule has 28 heavy (non-hydrogen) atoms. The van der Waals surface area contributed by atoms with E-state index in [0.29, 0.717) is 38.8 Å². The van der Waals surface area contributed by atoms with Crippen molar-refractivity contribution in [3.8, 4) is 0 Å². The lowest BCUT2D eigenvalue weighted by molar-refractivity contribution is 0.0945. The van der Waals surface area contributed by atoms with Gasteiger partial charge in [0.25, 0.3) is 11.5 Å². The zero-order valence-electron chi connectivity index (χ0n) is 16.3. The number of nitrogens with one attached hydrogen (secondary N) is 1. The van der Waals surface area contributed by atoms with E-state index in [9.17, 15) is 9.59 Å². The van der Waals surface area contributed by atoms with Crippen LogP contribution < -0.4 is 10.9 Å². The molecule has 6 nitrogen and oxygen atoms in total. The van der Waals surface area contributed by atoms with Crippen molar-refractivity contribution in [1.29, 1.82) is 0 Å². The Balaban J connectivity index is 1.85. The molecule has 0 radical (unpaired) electrons. The van der Waals surface area contributed by atoms with Gasteiger partial charge in [0.15, 0.2) is 0 Å². The first-order valence-electron chi connectivity index (χ1n) is 9.02. The van der Waals surface area contributed by atoms with Crippen LogP contribution in [-0.2, 0) is 6.54 Å². The van der Waals surface area contributed by atoms with E-state index in [4.69, 9.17) is 11.6 Å². The Kier molecular flexibility index (Phi) is 6.17. The maximum Gasteiger partial charge on any atom is 0.262 e. The molecule has 0 unspecified atom stereocenters. The number of likely N-dealkylation sites (N-methyl/N-ethyl adjacent to an activating group) is 1. The number of benzene rings is 1. The van der Waals surface area contributed by atoms with E-state index < -0.39 is 0 Å². The van der Waals surface area contributed by atoms with Gasteiger partial charge in [-0.05, 0) is 51.2 Å². The zero-order valence-corrected chi connectivity index (χ0v) is 17.9. The van der Waals surface area contributed by atoms with Gasteiger partial charge in [-0.2, -0.15) is 0 Å². The Labute approximate surface area is 172 Å². The summed E-state index contributed by atoms with van der Waals surface area (Å²) in [5, 5.41) is 4.19. The van der Waals surface area contributed by atoms with Gasteiger partial charge in [-0.25, -0.2) is 4.98 Å². The minimum atomic E-state index is -0.197. The van der Waals surface area contributed by atoms with Crippen molar-refractivity contribution in [2.24, 2.45) is 0 Å². The summed E-state index contributed by atoms with van der Waals surface area (Å²) in [5.74, 6) is -0.197. The van der Waals surface area contributed by atoms with Crippen molar-refractivity contribution >= 4 is 39.1 Å². The minimum Gasteiger partial charge on any atom is -0.349 e. The summed E-state index contributed by atoms with van der Waals surface area (Å²) in [7, 11) is 3.92. The van der Waals surface area contributed by atoms with Crippen LogP contribution in [0.25, 0.3) is 10.2 Å². The van der Waals surface area contributed by atoms with Crippen molar-refractivity contribution in [3.63, 3.8) is 0 Å². The Morgan fingerprint density at radius 1 is 1.39 bits per heavy atom. The average molecular weight is 419 g/mol. The molecule has 0 bridgehead atoms. The van der Waals surface area contributed by atoms with Gasteiger partial charge in [-0.1, -0.05) is 23.7 Å². The summed E-state index contributed by atoms with van der Waals surface area (Å²) >= 11 is 7.37. The molecule has 1 aromatic carbocycles. The number of hydrogen-bond acceptors (Lipinski definition) is 5. The number of thiophene rings is 1. The Morgan fingerprint density at radius 3 is 2.79 bits per heavy atom. The first-order valence-corrected chi connectivity index (χ1v) is 10.2. The minimum absolute atomic E-state index is 0.0206. The van der Waals surface area contributed by atoms with Crippen LogP contribution in [0.1, 0.15) is 33.8 Å². The highest BCUT2D eigenvalue weighted by Crippen LogP contribution is 2.27. The second kappa shape index (κ2) is 8.43. The number of amides is 1. The molecule has 1 atom stereocenters. The van der Waals surface area contributed by atoms with E-state index in [1.165, 1.54) is 17.7 Å². The number of nitrogens with zero attached hydrogens (tertiary/aromatic N) is 3. The van der Waals surface area contributed by atoms with Gasteiger partial charge >= 0.3 is 0 Å². The van der Waals surface area contributed by atoms with Crippen LogP contribution >= 0.6 is 22.9 Å². The molecule has 0 fully saturated rings. The zero-order chi connectivity index (χ0) is 20.4. The highest BCUT2D eigenvalue weighted by Gasteiger charge is 2.21. The van der Waals surface area contributed by atoms with Crippen molar-refractivity contribution < 1.29 is 4.79 Å². The highest BCUT2D eigenvalue weighted by molar-refractivity contribution is 7.20. The average Bonchev–Trinajstić information content (AvgIpc) is 2.99. The number of fused-ring (bicyclic) bond motifs is 1. The summed E-state index contributed by atoms with van der Waals surface area (Å²) in [6, 6.07) is 7.60. The molecule has 1 amide bonds. The summed E-state index contributed by atoms with van der Waals surface area (Å²) in [6.45, 7) is 4.66. The number of aryl methyl sites for hydroxylation is 2. The predicted octanol–water partition coefficient (Wildman–Crippen LogP) is 3.47. The first kappa shape index (κ1) is 20.5. The molecule has 148 valence electrons. The lowest BCUT2D eigenvalue weighted by Gasteiger charge is -2.25. The van der Waals surface area contributed by atoms with Crippen LogP contribution in [0.3, 0.4) is 0 Å². The van der Waals surface area contributed by atoms with Crippen LogP contribution in [0.2, 0.25) is 5.02 Å². The van der Waals surface area contributed by atoms with E-state index in [-0.39, 0.29) is 17.5 Å². The van der Waals surface area contributed by atoms with E-state index in [1.807, 2.05) is 50.2 Å². The third-order valence-corrected chi connectivity index (χ3v) is 6.21. The summed E-state index contributed by atoms with van der Waals surface area (Å²) in [4.78, 5) is 32.9. The number of carbonyl (C=O) groups is 1. The van der Waals surface area contributed by atoms with Gasteiger partial charge in [0.2, 0.25) is 0 Å². The van der Waals surface area contributed by atoms with Crippen molar-refractivity contribution in [2.45, 2.75) is 26.4 Å². The van der Waals surface area contributed by atoms with Gasteiger partial charge in [0.1, 0.15) is 4.83 Å². The van der Waals surface area contributed by atoms with Crippen LogP contribution in [0, 0.1) is 6.92 Å². The molecular weight excluding hydrogens is 396 g/mol. The van der Waals surface area contributed by atoms with E-state index in [2.05, 4.69) is 10.3 Å². The molecule has 1 N–H and O–H groups in total. The van der Waals surface area contributed by atoms with Gasteiger partial charge in [-0.15, -0.1) is 11.3 Å². The molecular formula is C20H23ClN4O2S. The fourth-order valence-corrected chi connectivity index (χ4v) is 4.44. The van der Waals surface area contributed by atoms with E-state index in [0.717, 1.165) is 5.56 Å². The molecule has 0 aliphatic rings. The Bertz CT molecular complexity index is 1070. The molecule has 0 spiro atoms. The van der Waals surface area contributed by atoms with Crippen LogP contribution in [0.5, 0.6) is 0 Å². The maximum absolute atomic E-state index is 12.8. The third-order valence-electron chi connectivity index (χ3n) is 4.78. The van der Waals surface area contributed by atoms with Crippen LogP contribution in [-0.4, -0.2) is 41.0 Å². The predicted molar refractivity (Wildman–Crippen MR) is 115 cm³/mol. The third kappa shape index (κ3) is 3.97. The smallest absolute Gasteiger partial charge is 0.262 e. The van der Waals surface area contributed by atoms with Crippen LogP contribution in [0.15, 0.2) is 35.4 Å². The molecule has 3 aromatic rings. The molecule has 0 saturated heterocycles. The number of aromatic nitrogens is 2. The Morgan fingerprint density at radius 2 is 2.14 bits per heavy atom. The van der Waals surface area contributed by atoms with Crippen molar-refractivity contribution in [2.75, 3.05) is 20.6 Å². The number of carbonyl (C=O) groups excluding carboxylic acids is 1. The number of halogens is 1. The van der Waals surface area contributed by atoms with Crippen LogP contribution in [0.4, 0.5) is 0 Å². The summed E-state index contributed by atoms with van der Waals surface area (Å²) < 4.78 is 1.55. The molecule has 0 aliphatic carbocycles. The normalized spacial score (nSPS) is 12.5. The lowest BCUT2D eigenvalue weighted by atomic mass is 10.1. The topological polar surface area (TPSA) is 67.2 Å². The van der Waals surface area contributed by atoms with Crippen molar-refractivity contribution in [3.05, 3.63) is 62.0 Å².